The highest BCUT2D eigenvalue weighted by Crippen LogP contribution is 2.30. The van der Waals surface area contributed by atoms with Gasteiger partial charge in [-0.05, 0) is 19.1 Å². The number of hydrogen-bond donors (Lipinski definition) is 1. The van der Waals surface area contributed by atoms with E-state index in [1.165, 1.54) is 21.1 Å². The summed E-state index contributed by atoms with van der Waals surface area (Å²) < 4.78 is 15.9. The molecule has 0 fully saturated rings. The highest BCUT2D eigenvalue weighted by molar-refractivity contribution is 7.99. The second-order valence-corrected chi connectivity index (χ2v) is 5.90. The zero-order chi connectivity index (χ0) is 18.4. The molecule has 0 saturated heterocycles. The Balaban J connectivity index is 2.12. The Morgan fingerprint density at radius 1 is 1.32 bits per heavy atom. The summed E-state index contributed by atoms with van der Waals surface area (Å²) in [5.74, 6) is -0.0320. The molecule has 0 aliphatic rings. The van der Waals surface area contributed by atoms with Gasteiger partial charge >= 0.3 is 0 Å². The molecule has 1 atom stereocenters. The average molecular weight is 360 g/mol. The molecule has 0 amide bonds. The largest absolute Gasteiger partial charge is 0.497 e. The van der Waals surface area contributed by atoms with Gasteiger partial charge < -0.3 is 19.3 Å². The molecule has 8 nitrogen and oxygen atoms in total. The topological polar surface area (TPSA) is 122 Å². The fourth-order valence-corrected chi connectivity index (χ4v) is 2.61. The summed E-state index contributed by atoms with van der Waals surface area (Å²) >= 11 is 1.02. The van der Waals surface area contributed by atoms with E-state index in [9.17, 15) is 4.79 Å². The summed E-state index contributed by atoms with van der Waals surface area (Å²) in [6.07, 6.45) is 0. The van der Waals surface area contributed by atoms with Gasteiger partial charge in [-0.25, -0.2) is 0 Å². The number of Topliss-reactive ketones (excluding diaryl/α,β-unsaturated/α-hetero) is 1. The van der Waals surface area contributed by atoms with Gasteiger partial charge in [0.1, 0.15) is 17.4 Å². The van der Waals surface area contributed by atoms with Gasteiger partial charge in [0.15, 0.2) is 5.78 Å². The minimum absolute atomic E-state index is 0.0165. The van der Waals surface area contributed by atoms with Crippen LogP contribution in [0.4, 0.5) is 0 Å². The highest BCUT2D eigenvalue weighted by Gasteiger charge is 2.21. The van der Waals surface area contributed by atoms with Crippen molar-refractivity contribution >= 4 is 23.3 Å². The first-order valence-corrected chi connectivity index (χ1v) is 8.14. The van der Waals surface area contributed by atoms with Crippen LogP contribution in [0.5, 0.6) is 11.5 Å². The van der Waals surface area contributed by atoms with E-state index >= 15 is 0 Å². The predicted molar refractivity (Wildman–Crippen MR) is 91.1 cm³/mol. The number of methoxy groups -OCH3 is 2. The van der Waals surface area contributed by atoms with Gasteiger partial charge in [0.25, 0.3) is 5.22 Å². The molecule has 130 valence electrons. The zero-order valence-electron chi connectivity index (χ0n) is 13.9. The molecule has 1 aromatic heterocycles. The second-order valence-electron chi connectivity index (χ2n) is 4.97. The van der Waals surface area contributed by atoms with Gasteiger partial charge in [-0.2, -0.15) is 5.26 Å². The van der Waals surface area contributed by atoms with E-state index in [-0.39, 0.29) is 28.4 Å². The first kappa shape index (κ1) is 18.5. The number of nitrogens with zero attached hydrogens (tertiary/aromatic N) is 3. The third-order valence-electron chi connectivity index (χ3n) is 3.23. The van der Waals surface area contributed by atoms with Crippen LogP contribution in [0.2, 0.25) is 0 Å². The molecule has 1 N–H and O–H groups in total. The van der Waals surface area contributed by atoms with Crippen molar-refractivity contribution in [1.82, 2.24) is 10.2 Å². The third-order valence-corrected chi connectivity index (χ3v) is 4.07. The van der Waals surface area contributed by atoms with E-state index in [4.69, 9.17) is 24.6 Å². The molecular weight excluding hydrogens is 344 g/mol. The summed E-state index contributed by atoms with van der Waals surface area (Å²) in [7, 11) is 3.08. The molecule has 0 bridgehead atoms. The van der Waals surface area contributed by atoms with Crippen molar-refractivity contribution in [2.24, 2.45) is 5.92 Å². The van der Waals surface area contributed by atoms with Crippen LogP contribution in [-0.4, -0.2) is 41.7 Å². The molecule has 1 unspecified atom stereocenters. The van der Waals surface area contributed by atoms with Crippen molar-refractivity contribution < 1.29 is 18.7 Å². The molecule has 0 radical (unpaired) electrons. The molecule has 1 aromatic carbocycles. The molecule has 0 aliphatic heterocycles. The molecule has 1 heterocycles. The standard InChI is InChI=1S/C16H16N4O4S/c1-9(18)13(7-17)14(21)8-25-16-20-19-15(24-16)10-4-11(22-2)6-12(5-10)23-3/h4-6,13,18H,8H2,1-3H3. The van der Waals surface area contributed by atoms with E-state index in [1.807, 2.05) is 6.07 Å². The highest BCUT2D eigenvalue weighted by atomic mass is 32.2. The minimum atomic E-state index is -1.04. The quantitative estimate of drug-likeness (QED) is 0.563. The SMILES string of the molecule is COc1cc(OC)cc(-c2nnc(SCC(=O)C(C#N)C(C)=N)o2)c1. The van der Waals surface area contributed by atoms with Crippen molar-refractivity contribution in [3.63, 3.8) is 0 Å². The molecule has 2 aromatic rings. The van der Waals surface area contributed by atoms with Crippen molar-refractivity contribution in [2.75, 3.05) is 20.0 Å². The van der Waals surface area contributed by atoms with Crippen LogP contribution < -0.4 is 9.47 Å². The van der Waals surface area contributed by atoms with E-state index in [1.54, 1.807) is 18.2 Å². The van der Waals surface area contributed by atoms with E-state index in [2.05, 4.69) is 10.2 Å². The summed E-state index contributed by atoms with van der Waals surface area (Å²) in [6.45, 7) is 1.43. The smallest absolute Gasteiger partial charge is 0.277 e. The fourth-order valence-electron chi connectivity index (χ4n) is 1.94. The van der Waals surface area contributed by atoms with Crippen LogP contribution in [0.15, 0.2) is 27.8 Å². The van der Waals surface area contributed by atoms with Crippen molar-refractivity contribution in [3.8, 4) is 29.0 Å². The maximum absolute atomic E-state index is 11.9. The maximum Gasteiger partial charge on any atom is 0.277 e. The number of ketones is 1. The number of carbonyl (C=O) groups is 1. The first-order chi connectivity index (χ1) is 12.0. The summed E-state index contributed by atoms with van der Waals surface area (Å²) in [4.78, 5) is 11.9. The van der Waals surface area contributed by atoms with Crippen LogP contribution in [-0.2, 0) is 4.79 Å². The average Bonchev–Trinajstić information content (AvgIpc) is 3.08. The second kappa shape index (κ2) is 8.30. The lowest BCUT2D eigenvalue weighted by molar-refractivity contribution is -0.117. The Bertz CT molecular complexity index is 806. The molecule has 2 rings (SSSR count). The van der Waals surface area contributed by atoms with Crippen LogP contribution in [0.25, 0.3) is 11.5 Å². The summed E-state index contributed by atoms with van der Waals surface area (Å²) in [5.41, 5.74) is 0.634. The number of nitrogens with one attached hydrogen (secondary N) is 1. The van der Waals surface area contributed by atoms with Crippen LogP contribution in [0, 0.1) is 22.7 Å². The number of hydrogen-bond acceptors (Lipinski definition) is 9. The lowest BCUT2D eigenvalue weighted by Gasteiger charge is -2.05. The number of thioether (sulfide) groups is 1. The number of nitriles is 1. The van der Waals surface area contributed by atoms with Crippen LogP contribution in [0.3, 0.4) is 0 Å². The normalized spacial score (nSPS) is 11.4. The van der Waals surface area contributed by atoms with Crippen molar-refractivity contribution in [3.05, 3.63) is 18.2 Å². The van der Waals surface area contributed by atoms with Gasteiger partial charge in [0.2, 0.25) is 5.89 Å². The van der Waals surface area contributed by atoms with Gasteiger partial charge in [-0.3, -0.25) is 4.79 Å². The number of carbonyl (C=O) groups excluding carboxylic acids is 1. The number of ether oxygens (including phenoxy) is 2. The number of benzene rings is 1. The number of aromatic nitrogens is 2. The Labute approximate surface area is 148 Å². The third kappa shape index (κ3) is 4.58. The molecule has 9 heteroatoms. The Morgan fingerprint density at radius 2 is 1.96 bits per heavy atom. The van der Waals surface area contributed by atoms with Crippen molar-refractivity contribution in [1.29, 1.82) is 10.7 Å². The van der Waals surface area contributed by atoms with Gasteiger partial charge in [0.05, 0.1) is 26.0 Å². The van der Waals surface area contributed by atoms with Gasteiger partial charge in [0, 0.05) is 17.3 Å². The lowest BCUT2D eigenvalue weighted by atomic mass is 10.0. The predicted octanol–water partition coefficient (Wildman–Crippen LogP) is 2.59. The van der Waals surface area contributed by atoms with Gasteiger partial charge in [-0.15, -0.1) is 10.2 Å². The molecule has 0 saturated carbocycles. The maximum atomic E-state index is 11.9. The molecule has 0 spiro atoms. The zero-order valence-corrected chi connectivity index (χ0v) is 14.7. The van der Waals surface area contributed by atoms with E-state index < -0.39 is 5.92 Å². The lowest BCUT2D eigenvalue weighted by Crippen LogP contribution is -2.21. The molecule has 0 aliphatic carbocycles. The Kier molecular flexibility index (Phi) is 6.14. The van der Waals surface area contributed by atoms with E-state index in [0.717, 1.165) is 11.8 Å². The van der Waals surface area contributed by atoms with E-state index in [0.29, 0.717) is 17.1 Å². The first-order valence-electron chi connectivity index (χ1n) is 7.15. The van der Waals surface area contributed by atoms with Crippen LogP contribution in [0.1, 0.15) is 6.92 Å². The summed E-state index contributed by atoms with van der Waals surface area (Å²) in [6, 6.07) is 6.97. The molecule has 25 heavy (non-hydrogen) atoms. The summed E-state index contributed by atoms with van der Waals surface area (Å²) in [5, 5.41) is 24.4. The molecular formula is C16H16N4O4S. The number of rotatable bonds is 8. The Morgan fingerprint density at radius 3 is 2.48 bits per heavy atom. The van der Waals surface area contributed by atoms with Crippen molar-refractivity contribution in [2.45, 2.75) is 12.1 Å². The Hall–Kier alpha value is -2.86. The minimum Gasteiger partial charge on any atom is -0.497 e. The monoisotopic (exact) mass is 360 g/mol. The van der Waals surface area contributed by atoms with Crippen LogP contribution >= 0.6 is 11.8 Å². The van der Waals surface area contributed by atoms with Gasteiger partial charge in [-0.1, -0.05) is 11.8 Å². The fraction of sp³-hybridized carbons (Fsp3) is 0.312.